The van der Waals surface area contributed by atoms with Crippen molar-refractivity contribution in [2.24, 2.45) is 0 Å². The van der Waals surface area contributed by atoms with E-state index in [0.29, 0.717) is 0 Å². The normalized spacial score (nSPS) is 0. The van der Waals surface area contributed by atoms with Crippen molar-refractivity contribution in [3.05, 3.63) is 0 Å². The van der Waals surface area contributed by atoms with Crippen molar-refractivity contribution in [2.45, 2.75) is 0 Å². The number of hydrogen-bond donors (Lipinski definition) is 0. The molecule has 0 atom stereocenters. The smallest absolute Gasteiger partial charge is 1.00 e. The van der Waals surface area contributed by atoms with Gasteiger partial charge in [-0.05, 0) is 0 Å². The zero-order valence-electron chi connectivity index (χ0n) is 6.00. The summed E-state index contributed by atoms with van der Waals surface area (Å²) in [5, 5.41) is 0. The molecule has 0 aliphatic carbocycles. The minimum Gasteiger partial charge on any atom is -1.00 e. The Bertz CT molecular complexity index is 12.9. The minimum absolute atomic E-state index is 0. The third-order valence-electron chi connectivity index (χ3n) is 0. The molecule has 12 valence electrons. The van der Waals surface area contributed by atoms with Gasteiger partial charge in [0.2, 0.25) is 0 Å². The van der Waals surface area contributed by atoms with E-state index in [1.165, 1.54) is 0 Å². The molecule has 0 N–H and O–H groups in total. The van der Waals surface area contributed by atoms with E-state index in [9.17, 15) is 0 Å². The van der Waals surface area contributed by atoms with E-state index in [2.05, 4.69) is 0 Å². The van der Waals surface area contributed by atoms with Gasteiger partial charge in [-0.3, -0.25) is 0 Å². The molecule has 0 aliphatic heterocycles. The predicted molar refractivity (Wildman–Crippen MR) is 13.3 cm³/mol. The van der Waals surface area contributed by atoms with Gasteiger partial charge in [0.05, 0.1) is 0 Å². The van der Waals surface area contributed by atoms with Crippen molar-refractivity contribution in [1.29, 1.82) is 0 Å². The van der Waals surface area contributed by atoms with Crippen molar-refractivity contribution in [3.8, 4) is 0 Å². The Kier molecular flexibility index (Phi) is 128. The molecule has 0 rings (SSSR count). The van der Waals surface area contributed by atoms with Crippen LogP contribution >= 0.6 is 0 Å². The molecule has 0 unspecified atom stereocenters. The molecule has 0 aromatic carbocycles. The maximum atomic E-state index is 0. The number of rotatable bonds is 0. The molecular weight excluding hydrogens is 63.9 g/mol. The van der Waals surface area contributed by atoms with E-state index in [1.807, 2.05) is 0 Å². The van der Waals surface area contributed by atoms with Gasteiger partial charge in [-0.1, -0.05) is 0 Å². The quantitative estimate of drug-likeness (QED) is 0.248. The van der Waals surface area contributed by atoms with Crippen LogP contribution in [-0.2, 0) is 0 Å². The summed E-state index contributed by atoms with van der Waals surface area (Å²) in [6.45, 7) is 0. The fourth-order valence-corrected chi connectivity index (χ4v) is 0. The van der Waals surface area contributed by atoms with Crippen LogP contribution in [0.25, 0.3) is 0 Å². The SMILES string of the molecule is [AlH3].[H-].[H-].[H-].[Li+].[Li+].[Na+]. The van der Waals surface area contributed by atoms with Gasteiger partial charge in [-0.15, -0.1) is 0 Å². The van der Waals surface area contributed by atoms with Crippen molar-refractivity contribution < 1.29 is 71.6 Å². The molecule has 4 heteroatoms. The van der Waals surface area contributed by atoms with Crippen LogP contribution in [0.15, 0.2) is 0 Å². The van der Waals surface area contributed by atoms with Gasteiger partial charge < -0.3 is 4.28 Å². The van der Waals surface area contributed by atoms with E-state index in [4.69, 9.17) is 0 Å². The summed E-state index contributed by atoms with van der Waals surface area (Å²) in [6, 6.07) is 0. The van der Waals surface area contributed by atoms with Gasteiger partial charge in [-0.25, -0.2) is 0 Å². The molecular formula is H6AlLi2Na. The van der Waals surface area contributed by atoms with E-state index >= 15 is 0 Å². The molecule has 0 heterocycles. The Morgan fingerprint density at radius 3 is 1.00 bits per heavy atom. The van der Waals surface area contributed by atoms with E-state index < -0.39 is 0 Å². The third-order valence-corrected chi connectivity index (χ3v) is 0. The Morgan fingerprint density at radius 1 is 1.00 bits per heavy atom. The van der Waals surface area contributed by atoms with Crippen LogP contribution in [0.2, 0.25) is 0 Å². The fourth-order valence-electron chi connectivity index (χ4n) is 0. The van der Waals surface area contributed by atoms with Crippen molar-refractivity contribution in [1.82, 2.24) is 0 Å². The van der Waals surface area contributed by atoms with Gasteiger partial charge in [-0.2, -0.15) is 0 Å². The summed E-state index contributed by atoms with van der Waals surface area (Å²) in [5.74, 6) is 0. The first-order chi connectivity index (χ1) is 0. The van der Waals surface area contributed by atoms with Crippen LogP contribution in [0, 0.1) is 0 Å². The summed E-state index contributed by atoms with van der Waals surface area (Å²) in [6.07, 6.45) is 0. The number of hydrogen-bond acceptors (Lipinski definition) is 0. The Balaban J connectivity index is 0. The van der Waals surface area contributed by atoms with Crippen molar-refractivity contribution in [3.63, 3.8) is 0 Å². The molecule has 0 spiro atoms. The zero-order chi connectivity index (χ0) is 0. The zero-order valence-corrected chi connectivity index (χ0v) is 5.00. The van der Waals surface area contributed by atoms with Gasteiger partial charge in [0, 0.05) is 0 Å². The van der Waals surface area contributed by atoms with Gasteiger partial charge in [0.1, 0.15) is 0 Å². The van der Waals surface area contributed by atoms with Crippen LogP contribution in [0.1, 0.15) is 4.28 Å². The molecule has 0 saturated heterocycles. The molecule has 0 aromatic heterocycles. The minimum atomic E-state index is 0. The second-order valence-corrected chi connectivity index (χ2v) is 0. The first-order valence-corrected chi connectivity index (χ1v) is 0. The third kappa shape index (κ3) is 8.83. The topological polar surface area (TPSA) is 0 Å². The van der Waals surface area contributed by atoms with E-state index in [0.717, 1.165) is 0 Å². The average Bonchev–Trinajstić information content (AvgIpc) is 0. The monoisotopic (exact) mass is 70.1 g/mol. The molecule has 0 nitrogen and oxygen atoms in total. The predicted octanol–water partition coefficient (Wildman–Crippen LogP) is -9.83. The van der Waals surface area contributed by atoms with Crippen LogP contribution in [0.4, 0.5) is 0 Å². The summed E-state index contributed by atoms with van der Waals surface area (Å²) >= 11 is 0. The fraction of sp³-hybridized carbons (Fsp3) is 0. The van der Waals surface area contributed by atoms with Crippen LogP contribution in [0.3, 0.4) is 0 Å². The maximum Gasteiger partial charge on any atom is 1.00 e. The van der Waals surface area contributed by atoms with Gasteiger partial charge >= 0.3 is 67.3 Å². The largest absolute Gasteiger partial charge is 1.00 e. The second kappa shape index (κ2) is 17.2. The average molecular weight is 69.9 g/mol. The first-order valence-electron chi connectivity index (χ1n) is 0. The molecule has 0 fully saturated rings. The molecule has 0 aromatic rings. The van der Waals surface area contributed by atoms with Crippen molar-refractivity contribution >= 4 is 17.4 Å². The van der Waals surface area contributed by atoms with E-state index in [1.54, 1.807) is 0 Å². The Morgan fingerprint density at radius 2 is 1.00 bits per heavy atom. The summed E-state index contributed by atoms with van der Waals surface area (Å²) in [5.41, 5.74) is 0. The molecule has 0 radical (unpaired) electrons. The second-order valence-electron chi connectivity index (χ2n) is 0. The molecule has 0 bridgehead atoms. The molecule has 0 aliphatic rings. The Hall–Kier alpha value is 2.73. The Labute approximate surface area is 87.7 Å². The van der Waals surface area contributed by atoms with Crippen molar-refractivity contribution in [2.75, 3.05) is 0 Å². The summed E-state index contributed by atoms with van der Waals surface area (Å²) < 4.78 is 0. The first kappa shape index (κ1) is 29.7. The molecule has 4 heavy (non-hydrogen) atoms. The van der Waals surface area contributed by atoms with Crippen LogP contribution in [0.5, 0.6) is 0 Å². The molecule has 0 saturated carbocycles. The standard InChI is InChI=1S/Al.2Li.Na.6H/q;3*+1;;;;3*-1. The molecule has 0 amide bonds. The summed E-state index contributed by atoms with van der Waals surface area (Å²) in [7, 11) is 0. The van der Waals surface area contributed by atoms with Gasteiger partial charge in [0.25, 0.3) is 0 Å². The summed E-state index contributed by atoms with van der Waals surface area (Å²) in [4.78, 5) is 0. The van der Waals surface area contributed by atoms with Crippen LogP contribution in [-0.4, -0.2) is 17.4 Å². The van der Waals surface area contributed by atoms with Crippen LogP contribution < -0.4 is 67.3 Å². The van der Waals surface area contributed by atoms with E-state index in [-0.39, 0.29) is 88.9 Å². The van der Waals surface area contributed by atoms with Gasteiger partial charge in [0.15, 0.2) is 17.4 Å². The maximum absolute atomic E-state index is 0.